The first kappa shape index (κ1) is 14.0. The average Bonchev–Trinajstić information content (AvgIpc) is 3.31. The normalized spacial score (nSPS) is 13.7. The largest absolute Gasteiger partial charge is 0.399 e. The van der Waals surface area contributed by atoms with Crippen molar-refractivity contribution in [2.24, 2.45) is 0 Å². The van der Waals surface area contributed by atoms with Gasteiger partial charge in [0, 0.05) is 22.7 Å². The third-order valence-electron chi connectivity index (χ3n) is 3.73. The predicted octanol–water partition coefficient (Wildman–Crippen LogP) is 4.07. The molecule has 0 bridgehead atoms. The Bertz CT molecular complexity index is 684. The fourth-order valence-electron chi connectivity index (χ4n) is 2.48. The van der Waals surface area contributed by atoms with Crippen molar-refractivity contribution in [1.82, 2.24) is 0 Å². The first-order chi connectivity index (χ1) is 10.2. The van der Waals surface area contributed by atoms with E-state index in [-0.39, 0.29) is 0 Å². The Morgan fingerprint density at radius 3 is 2.52 bits per heavy atom. The monoisotopic (exact) mass is 341 g/mol. The minimum absolute atomic E-state index is 0.531. The number of nitriles is 1. The Balaban J connectivity index is 1.94. The lowest BCUT2D eigenvalue weighted by molar-refractivity contribution is 0.793. The fourth-order valence-corrected chi connectivity index (χ4v) is 2.92. The molecule has 0 radical (unpaired) electrons. The van der Waals surface area contributed by atoms with Crippen LogP contribution in [-0.2, 0) is 6.54 Å². The van der Waals surface area contributed by atoms with Gasteiger partial charge >= 0.3 is 0 Å². The molecule has 106 valence electrons. The molecule has 2 N–H and O–H groups in total. The van der Waals surface area contributed by atoms with E-state index in [4.69, 9.17) is 5.73 Å². The van der Waals surface area contributed by atoms with Crippen LogP contribution >= 0.6 is 15.9 Å². The van der Waals surface area contributed by atoms with E-state index in [9.17, 15) is 5.26 Å². The van der Waals surface area contributed by atoms with Crippen molar-refractivity contribution in [3.05, 3.63) is 58.1 Å². The van der Waals surface area contributed by atoms with Crippen LogP contribution in [0.4, 0.5) is 11.4 Å². The van der Waals surface area contributed by atoms with Crippen molar-refractivity contribution >= 4 is 27.3 Å². The zero-order valence-corrected chi connectivity index (χ0v) is 13.2. The summed E-state index contributed by atoms with van der Waals surface area (Å²) in [4.78, 5) is 2.33. The molecule has 21 heavy (non-hydrogen) atoms. The predicted molar refractivity (Wildman–Crippen MR) is 88.9 cm³/mol. The zero-order chi connectivity index (χ0) is 14.8. The van der Waals surface area contributed by atoms with E-state index >= 15 is 0 Å². The van der Waals surface area contributed by atoms with Crippen molar-refractivity contribution in [2.75, 3.05) is 10.6 Å². The maximum Gasteiger partial charge on any atom is 0.103 e. The SMILES string of the molecule is N#Cc1c(Br)cccc1N(Cc1ccc(N)cc1)C1CC1. The summed E-state index contributed by atoms with van der Waals surface area (Å²) in [6.45, 7) is 0.802. The lowest BCUT2D eigenvalue weighted by Crippen LogP contribution is -2.26. The van der Waals surface area contributed by atoms with Crippen molar-refractivity contribution in [1.29, 1.82) is 5.26 Å². The Morgan fingerprint density at radius 2 is 1.90 bits per heavy atom. The maximum absolute atomic E-state index is 9.43. The Labute approximate surface area is 133 Å². The summed E-state index contributed by atoms with van der Waals surface area (Å²) in [6, 6.07) is 16.7. The first-order valence-corrected chi connectivity index (χ1v) is 7.78. The Hall–Kier alpha value is -1.99. The van der Waals surface area contributed by atoms with Crippen LogP contribution in [0.2, 0.25) is 0 Å². The van der Waals surface area contributed by atoms with Gasteiger partial charge < -0.3 is 10.6 Å². The van der Waals surface area contributed by atoms with Gasteiger partial charge in [-0.2, -0.15) is 5.26 Å². The molecule has 0 saturated heterocycles. The van der Waals surface area contributed by atoms with E-state index in [2.05, 4.69) is 39.0 Å². The second kappa shape index (κ2) is 5.79. The number of nitrogen functional groups attached to an aromatic ring is 1. The quantitative estimate of drug-likeness (QED) is 0.852. The number of anilines is 2. The van der Waals surface area contributed by atoms with Crippen molar-refractivity contribution in [3.8, 4) is 6.07 Å². The minimum Gasteiger partial charge on any atom is -0.399 e. The van der Waals surface area contributed by atoms with E-state index in [1.165, 1.54) is 18.4 Å². The zero-order valence-electron chi connectivity index (χ0n) is 11.6. The topological polar surface area (TPSA) is 53.0 Å². The van der Waals surface area contributed by atoms with Crippen molar-refractivity contribution < 1.29 is 0 Å². The smallest absolute Gasteiger partial charge is 0.103 e. The van der Waals surface area contributed by atoms with Crippen LogP contribution in [0.25, 0.3) is 0 Å². The van der Waals surface area contributed by atoms with Crippen molar-refractivity contribution in [2.45, 2.75) is 25.4 Å². The highest BCUT2D eigenvalue weighted by Gasteiger charge is 2.30. The van der Waals surface area contributed by atoms with Crippen LogP contribution in [0.5, 0.6) is 0 Å². The second-order valence-electron chi connectivity index (χ2n) is 5.35. The molecule has 1 fully saturated rings. The van der Waals surface area contributed by atoms with Crippen LogP contribution in [0.1, 0.15) is 24.0 Å². The number of halogens is 1. The molecular formula is C17H16BrN3. The van der Waals surface area contributed by atoms with Gasteiger partial charge in [0.15, 0.2) is 0 Å². The first-order valence-electron chi connectivity index (χ1n) is 6.98. The summed E-state index contributed by atoms with van der Waals surface area (Å²) in [5.74, 6) is 0. The molecule has 0 aromatic heterocycles. The summed E-state index contributed by atoms with van der Waals surface area (Å²) >= 11 is 3.47. The van der Waals surface area contributed by atoms with Crippen molar-refractivity contribution in [3.63, 3.8) is 0 Å². The highest BCUT2D eigenvalue weighted by molar-refractivity contribution is 9.10. The molecule has 3 rings (SSSR count). The number of hydrogen-bond donors (Lipinski definition) is 1. The molecule has 2 aromatic rings. The summed E-state index contributed by atoms with van der Waals surface area (Å²) in [5.41, 5.74) is 9.44. The summed E-state index contributed by atoms with van der Waals surface area (Å²) in [6.07, 6.45) is 2.37. The van der Waals surface area contributed by atoms with Crippen LogP contribution in [0.3, 0.4) is 0 Å². The highest BCUT2D eigenvalue weighted by atomic mass is 79.9. The number of nitrogens with zero attached hydrogens (tertiary/aromatic N) is 2. The van der Waals surface area contributed by atoms with Crippen LogP contribution < -0.4 is 10.6 Å². The van der Waals surface area contributed by atoms with E-state index in [0.717, 1.165) is 22.4 Å². The fraction of sp³-hybridized carbons (Fsp3) is 0.235. The number of rotatable bonds is 4. The minimum atomic E-state index is 0.531. The van der Waals surface area contributed by atoms with Crippen LogP contribution in [-0.4, -0.2) is 6.04 Å². The van der Waals surface area contributed by atoms with Gasteiger partial charge in [0.05, 0.1) is 11.3 Å². The van der Waals surface area contributed by atoms with E-state index < -0.39 is 0 Å². The van der Waals surface area contributed by atoms with E-state index in [1.807, 2.05) is 30.3 Å². The molecule has 1 aliphatic carbocycles. The molecule has 4 heteroatoms. The second-order valence-corrected chi connectivity index (χ2v) is 6.20. The maximum atomic E-state index is 9.43. The Kier molecular flexibility index (Phi) is 3.85. The van der Waals surface area contributed by atoms with Crippen LogP contribution in [0.15, 0.2) is 46.9 Å². The molecule has 1 saturated carbocycles. The lowest BCUT2D eigenvalue weighted by Gasteiger charge is -2.26. The van der Waals surface area contributed by atoms with Gasteiger partial charge in [0.2, 0.25) is 0 Å². The van der Waals surface area contributed by atoms with Gasteiger partial charge in [-0.3, -0.25) is 0 Å². The van der Waals surface area contributed by atoms with Gasteiger partial charge in [0.25, 0.3) is 0 Å². The molecule has 3 nitrogen and oxygen atoms in total. The molecule has 0 heterocycles. The highest BCUT2D eigenvalue weighted by Crippen LogP contribution is 2.36. The van der Waals surface area contributed by atoms with Gasteiger partial charge in [-0.25, -0.2) is 0 Å². The van der Waals surface area contributed by atoms with Gasteiger partial charge in [-0.15, -0.1) is 0 Å². The molecule has 0 amide bonds. The molecule has 1 aliphatic rings. The molecule has 0 spiro atoms. The molecular weight excluding hydrogens is 326 g/mol. The standard InChI is InChI=1S/C17H16BrN3/c18-16-2-1-3-17(15(16)10-19)21(14-8-9-14)11-12-4-6-13(20)7-5-12/h1-7,14H,8-9,11,20H2. The van der Waals surface area contributed by atoms with Crippen LogP contribution in [0, 0.1) is 11.3 Å². The van der Waals surface area contributed by atoms with E-state index in [0.29, 0.717) is 11.6 Å². The molecule has 2 aromatic carbocycles. The number of benzene rings is 2. The molecule has 0 aliphatic heterocycles. The third-order valence-corrected chi connectivity index (χ3v) is 4.39. The third kappa shape index (κ3) is 3.03. The number of hydrogen-bond acceptors (Lipinski definition) is 3. The molecule has 0 unspecified atom stereocenters. The van der Waals surface area contributed by atoms with Gasteiger partial charge in [-0.05, 0) is 58.6 Å². The summed E-state index contributed by atoms with van der Waals surface area (Å²) in [7, 11) is 0. The summed E-state index contributed by atoms with van der Waals surface area (Å²) in [5, 5.41) is 9.43. The Morgan fingerprint density at radius 1 is 1.19 bits per heavy atom. The average molecular weight is 342 g/mol. The van der Waals surface area contributed by atoms with E-state index in [1.54, 1.807) is 0 Å². The summed E-state index contributed by atoms with van der Waals surface area (Å²) < 4.78 is 0.852. The molecule has 0 atom stereocenters. The number of nitrogens with two attached hydrogens (primary N) is 1. The van der Waals surface area contributed by atoms with Gasteiger partial charge in [-0.1, -0.05) is 18.2 Å². The lowest BCUT2D eigenvalue weighted by atomic mass is 10.1. The van der Waals surface area contributed by atoms with Gasteiger partial charge in [0.1, 0.15) is 6.07 Å².